The van der Waals surface area contributed by atoms with Crippen LogP contribution in [0.2, 0.25) is 5.02 Å². The van der Waals surface area contributed by atoms with Gasteiger partial charge in [-0.05, 0) is 36.8 Å². The lowest BCUT2D eigenvalue weighted by atomic mass is 10.1. The molecule has 2 rings (SSSR count). The molecule has 5 heteroatoms. The van der Waals surface area contributed by atoms with E-state index in [4.69, 9.17) is 27.8 Å². The van der Waals surface area contributed by atoms with E-state index in [2.05, 4.69) is 0 Å². The highest BCUT2D eigenvalue weighted by Gasteiger charge is 2.12. The zero-order valence-electron chi connectivity index (χ0n) is 11.0. The molecule has 0 bridgehead atoms. The molecule has 0 heterocycles. The van der Waals surface area contributed by atoms with E-state index >= 15 is 0 Å². The number of para-hydroxylation sites is 1. The summed E-state index contributed by atoms with van der Waals surface area (Å²) in [6.45, 7) is 1.87. The fraction of sp³-hybridized carbons (Fsp3) is 0.133. The lowest BCUT2D eigenvalue weighted by Gasteiger charge is -2.12. The number of rotatable bonds is 4. The zero-order chi connectivity index (χ0) is 14.7. The molecular weight excluding hydrogens is 276 g/mol. The SMILES string of the molecule is C[C@H](N)c1ccc(Oc2ccccc2C(N)=O)c(Cl)c1. The Morgan fingerprint density at radius 1 is 1.20 bits per heavy atom. The van der Waals surface area contributed by atoms with Gasteiger partial charge in [-0.2, -0.15) is 0 Å². The number of carbonyl (C=O) groups is 1. The normalized spacial score (nSPS) is 11.9. The summed E-state index contributed by atoms with van der Waals surface area (Å²) in [4.78, 5) is 11.3. The van der Waals surface area contributed by atoms with Gasteiger partial charge in [-0.25, -0.2) is 0 Å². The first-order chi connectivity index (χ1) is 9.49. The van der Waals surface area contributed by atoms with E-state index in [1.165, 1.54) is 0 Å². The van der Waals surface area contributed by atoms with Gasteiger partial charge >= 0.3 is 0 Å². The Bertz CT molecular complexity index is 642. The van der Waals surface area contributed by atoms with E-state index in [1.807, 2.05) is 13.0 Å². The average molecular weight is 291 g/mol. The monoisotopic (exact) mass is 290 g/mol. The summed E-state index contributed by atoms with van der Waals surface area (Å²) < 4.78 is 5.66. The summed E-state index contributed by atoms with van der Waals surface area (Å²) in [6, 6.07) is 11.9. The van der Waals surface area contributed by atoms with Crippen molar-refractivity contribution in [3.05, 3.63) is 58.6 Å². The molecule has 20 heavy (non-hydrogen) atoms. The highest BCUT2D eigenvalue weighted by Crippen LogP contribution is 2.32. The minimum Gasteiger partial charge on any atom is -0.455 e. The van der Waals surface area contributed by atoms with E-state index in [-0.39, 0.29) is 6.04 Å². The first-order valence-electron chi connectivity index (χ1n) is 6.10. The number of primary amides is 1. The summed E-state index contributed by atoms with van der Waals surface area (Å²) in [7, 11) is 0. The molecule has 0 aliphatic carbocycles. The third-order valence-electron chi connectivity index (χ3n) is 2.85. The third kappa shape index (κ3) is 3.10. The maximum Gasteiger partial charge on any atom is 0.252 e. The molecule has 0 saturated heterocycles. The highest BCUT2D eigenvalue weighted by molar-refractivity contribution is 6.32. The van der Waals surface area contributed by atoms with Crippen LogP contribution in [0.4, 0.5) is 0 Å². The predicted octanol–water partition coefficient (Wildman–Crippen LogP) is 3.25. The van der Waals surface area contributed by atoms with E-state index in [1.54, 1.807) is 36.4 Å². The molecule has 4 N–H and O–H groups in total. The Morgan fingerprint density at radius 2 is 1.90 bits per heavy atom. The molecule has 2 aromatic carbocycles. The maximum absolute atomic E-state index is 11.3. The van der Waals surface area contributed by atoms with Crippen molar-refractivity contribution in [3.8, 4) is 11.5 Å². The van der Waals surface area contributed by atoms with Crippen LogP contribution in [0.1, 0.15) is 28.9 Å². The van der Waals surface area contributed by atoms with Crippen molar-refractivity contribution in [2.45, 2.75) is 13.0 Å². The first-order valence-corrected chi connectivity index (χ1v) is 6.48. The Hall–Kier alpha value is -2.04. The van der Waals surface area contributed by atoms with Crippen molar-refractivity contribution in [1.82, 2.24) is 0 Å². The quantitative estimate of drug-likeness (QED) is 0.907. The van der Waals surface area contributed by atoms with Crippen LogP contribution in [0, 0.1) is 0 Å². The molecule has 0 radical (unpaired) electrons. The van der Waals surface area contributed by atoms with Gasteiger partial charge in [0.05, 0.1) is 10.6 Å². The number of benzene rings is 2. The van der Waals surface area contributed by atoms with Crippen LogP contribution < -0.4 is 16.2 Å². The molecule has 0 aliphatic heterocycles. The highest BCUT2D eigenvalue weighted by atomic mass is 35.5. The molecule has 2 aromatic rings. The van der Waals surface area contributed by atoms with E-state index in [0.29, 0.717) is 22.1 Å². The van der Waals surface area contributed by atoms with E-state index in [9.17, 15) is 4.79 Å². The molecule has 0 saturated carbocycles. The number of hydrogen-bond acceptors (Lipinski definition) is 3. The van der Waals surface area contributed by atoms with Crippen molar-refractivity contribution in [3.63, 3.8) is 0 Å². The Balaban J connectivity index is 2.33. The van der Waals surface area contributed by atoms with E-state index in [0.717, 1.165) is 5.56 Å². The standard InChI is InChI=1S/C15H15ClN2O2/c1-9(17)10-6-7-14(12(16)8-10)20-13-5-3-2-4-11(13)15(18)19/h2-9H,17H2,1H3,(H2,18,19)/t9-/m0/s1. The van der Waals surface area contributed by atoms with Crippen molar-refractivity contribution in [2.24, 2.45) is 11.5 Å². The molecule has 1 atom stereocenters. The Labute approximate surface area is 122 Å². The molecule has 4 nitrogen and oxygen atoms in total. The lowest BCUT2D eigenvalue weighted by molar-refractivity contribution is 0.0998. The summed E-state index contributed by atoms with van der Waals surface area (Å²) in [5.74, 6) is 0.268. The van der Waals surface area contributed by atoms with Crippen molar-refractivity contribution >= 4 is 17.5 Å². The van der Waals surface area contributed by atoms with E-state index < -0.39 is 5.91 Å². The number of ether oxygens (including phenoxy) is 1. The number of carbonyl (C=O) groups excluding carboxylic acids is 1. The topological polar surface area (TPSA) is 78.3 Å². The Kier molecular flexibility index (Phi) is 4.27. The summed E-state index contributed by atoms with van der Waals surface area (Å²) in [6.07, 6.45) is 0. The van der Waals surface area contributed by atoms with Gasteiger partial charge in [0.2, 0.25) is 0 Å². The molecule has 104 valence electrons. The van der Waals surface area contributed by atoms with Crippen LogP contribution in [0.15, 0.2) is 42.5 Å². The van der Waals surface area contributed by atoms with Gasteiger partial charge in [-0.15, -0.1) is 0 Å². The predicted molar refractivity (Wildman–Crippen MR) is 79.1 cm³/mol. The Morgan fingerprint density at radius 3 is 2.50 bits per heavy atom. The van der Waals surface area contributed by atoms with Gasteiger partial charge in [0.15, 0.2) is 0 Å². The van der Waals surface area contributed by atoms with Gasteiger partial charge in [-0.1, -0.05) is 29.8 Å². The second kappa shape index (κ2) is 5.94. The smallest absolute Gasteiger partial charge is 0.252 e. The average Bonchev–Trinajstić information content (AvgIpc) is 2.41. The van der Waals surface area contributed by atoms with Crippen LogP contribution >= 0.6 is 11.6 Å². The molecule has 0 unspecified atom stereocenters. The zero-order valence-corrected chi connectivity index (χ0v) is 11.7. The lowest BCUT2D eigenvalue weighted by Crippen LogP contribution is -2.12. The number of hydrogen-bond donors (Lipinski definition) is 2. The van der Waals surface area contributed by atoms with Crippen LogP contribution in [-0.4, -0.2) is 5.91 Å². The van der Waals surface area contributed by atoms with Gasteiger partial charge in [0.25, 0.3) is 5.91 Å². The van der Waals surface area contributed by atoms with Crippen molar-refractivity contribution in [2.75, 3.05) is 0 Å². The maximum atomic E-state index is 11.3. The molecule has 1 amide bonds. The molecule has 0 spiro atoms. The molecule has 0 aliphatic rings. The number of amides is 1. The fourth-order valence-corrected chi connectivity index (χ4v) is 1.99. The number of halogens is 1. The second-order valence-electron chi connectivity index (χ2n) is 4.44. The minimum absolute atomic E-state index is 0.112. The van der Waals surface area contributed by atoms with Gasteiger partial charge in [0, 0.05) is 6.04 Å². The summed E-state index contributed by atoms with van der Waals surface area (Å²) >= 11 is 6.16. The van der Waals surface area contributed by atoms with Crippen molar-refractivity contribution < 1.29 is 9.53 Å². The van der Waals surface area contributed by atoms with Crippen LogP contribution in [0.3, 0.4) is 0 Å². The first kappa shape index (κ1) is 14.4. The van der Waals surface area contributed by atoms with Crippen molar-refractivity contribution in [1.29, 1.82) is 0 Å². The minimum atomic E-state index is -0.552. The summed E-state index contributed by atoms with van der Waals surface area (Å²) in [5.41, 5.74) is 12.3. The van der Waals surface area contributed by atoms with Crippen LogP contribution in [0.25, 0.3) is 0 Å². The fourth-order valence-electron chi connectivity index (χ4n) is 1.76. The second-order valence-corrected chi connectivity index (χ2v) is 4.85. The van der Waals surface area contributed by atoms with Gasteiger partial charge in [0.1, 0.15) is 11.5 Å². The number of nitrogens with two attached hydrogens (primary N) is 2. The largest absolute Gasteiger partial charge is 0.455 e. The molecule has 0 fully saturated rings. The molecule has 0 aromatic heterocycles. The van der Waals surface area contributed by atoms with Gasteiger partial charge in [-0.3, -0.25) is 4.79 Å². The third-order valence-corrected chi connectivity index (χ3v) is 3.15. The molecular formula is C15H15ClN2O2. The van der Waals surface area contributed by atoms with Crippen LogP contribution in [-0.2, 0) is 0 Å². The van der Waals surface area contributed by atoms with Crippen LogP contribution in [0.5, 0.6) is 11.5 Å². The van der Waals surface area contributed by atoms with Gasteiger partial charge < -0.3 is 16.2 Å². The summed E-state index contributed by atoms with van der Waals surface area (Å²) in [5, 5.41) is 0.430.